The predicted octanol–water partition coefficient (Wildman–Crippen LogP) is 1.83. The molecule has 1 aliphatic heterocycles. The van der Waals surface area contributed by atoms with Crippen molar-refractivity contribution in [3.8, 4) is 0 Å². The van der Waals surface area contributed by atoms with Crippen LogP contribution in [-0.2, 0) is 14.5 Å². The van der Waals surface area contributed by atoms with E-state index in [1.165, 1.54) is 0 Å². The van der Waals surface area contributed by atoms with Gasteiger partial charge in [0.15, 0.2) is 0 Å². The van der Waals surface area contributed by atoms with E-state index in [-0.39, 0.29) is 11.9 Å². The van der Waals surface area contributed by atoms with Crippen LogP contribution in [0.2, 0.25) is 0 Å². The highest BCUT2D eigenvalue weighted by atomic mass is 79.9. The number of nitrogens with one attached hydrogen (secondary N) is 1. The van der Waals surface area contributed by atoms with Gasteiger partial charge in [0.25, 0.3) is 0 Å². The molecule has 6 heteroatoms. The number of hydrogen-bond donors (Lipinski definition) is 1. The molecule has 4 nitrogen and oxygen atoms in total. The third-order valence-corrected chi connectivity index (χ3v) is 5.34. The van der Waals surface area contributed by atoms with Gasteiger partial charge in [0.2, 0.25) is 5.91 Å². The summed E-state index contributed by atoms with van der Waals surface area (Å²) < 4.78 is 19.0. The summed E-state index contributed by atoms with van der Waals surface area (Å²) in [6.45, 7) is 0. The van der Waals surface area contributed by atoms with E-state index in [4.69, 9.17) is 4.78 Å². The van der Waals surface area contributed by atoms with Crippen molar-refractivity contribution in [1.29, 1.82) is 4.78 Å². The Kier molecular flexibility index (Phi) is 5.24. The number of carbonyl (C=O) groups is 1. The second kappa shape index (κ2) is 6.00. The third kappa shape index (κ3) is 4.05. The predicted molar refractivity (Wildman–Crippen MR) is 69.4 cm³/mol. The minimum absolute atomic E-state index is 0.0153. The van der Waals surface area contributed by atoms with Gasteiger partial charge >= 0.3 is 0 Å². The van der Waals surface area contributed by atoms with Crippen molar-refractivity contribution >= 4 is 31.6 Å². The Hall–Kier alpha value is -0.100. The first kappa shape index (κ1) is 14.0. The van der Waals surface area contributed by atoms with Gasteiger partial charge < -0.3 is 4.90 Å². The maximum atomic E-state index is 11.8. The summed E-state index contributed by atoms with van der Waals surface area (Å²) in [5.74, 6) is 0.910. The van der Waals surface area contributed by atoms with E-state index in [1.54, 1.807) is 11.9 Å². The first-order valence-electron chi connectivity index (χ1n) is 5.52. The minimum atomic E-state index is -2.40. The fourth-order valence-corrected chi connectivity index (χ4v) is 4.09. The lowest BCUT2D eigenvalue weighted by molar-refractivity contribution is -0.131. The topological polar surface area (TPSA) is 61.2 Å². The maximum absolute atomic E-state index is 11.8. The van der Waals surface area contributed by atoms with Crippen molar-refractivity contribution in [2.45, 2.75) is 31.7 Å². The molecule has 0 aliphatic carbocycles. The lowest BCUT2D eigenvalue weighted by Crippen LogP contribution is -2.37. The third-order valence-electron chi connectivity index (χ3n) is 2.96. The van der Waals surface area contributed by atoms with Crippen LogP contribution in [0.3, 0.4) is 0 Å². The van der Waals surface area contributed by atoms with Crippen LogP contribution in [0, 0.1) is 4.78 Å². The van der Waals surface area contributed by atoms with Crippen molar-refractivity contribution in [1.82, 2.24) is 4.90 Å². The Morgan fingerprint density at radius 3 is 2.75 bits per heavy atom. The number of halogens is 1. The van der Waals surface area contributed by atoms with Crippen LogP contribution in [0.25, 0.3) is 0 Å². The zero-order valence-corrected chi connectivity index (χ0v) is 12.0. The molecule has 1 rings (SSSR count). The molecule has 1 amide bonds. The van der Waals surface area contributed by atoms with E-state index in [0.717, 1.165) is 18.2 Å². The number of nitrogens with zero attached hydrogens (tertiary/aromatic N) is 1. The molecule has 16 heavy (non-hydrogen) atoms. The fraction of sp³-hybridized carbons (Fsp3) is 0.900. The maximum Gasteiger partial charge on any atom is 0.222 e. The number of alkyl halides is 1. The summed E-state index contributed by atoms with van der Waals surface area (Å²) in [6, 6.07) is 0.0153. The van der Waals surface area contributed by atoms with Crippen LogP contribution in [-0.4, -0.2) is 44.9 Å². The van der Waals surface area contributed by atoms with Crippen LogP contribution in [0.1, 0.15) is 25.7 Å². The molecule has 94 valence electrons. The summed E-state index contributed by atoms with van der Waals surface area (Å²) in [5, 5.41) is 0.925. The minimum Gasteiger partial charge on any atom is -0.342 e. The molecule has 1 heterocycles. The number of amides is 1. The van der Waals surface area contributed by atoms with Crippen LogP contribution >= 0.6 is 15.9 Å². The summed E-state index contributed by atoms with van der Waals surface area (Å²) in [7, 11) is -0.635. The number of unbranched alkanes of at least 4 members (excludes halogenated alkanes) is 1. The molecular weight excluding hydrogens is 292 g/mol. The first-order chi connectivity index (χ1) is 7.46. The molecule has 1 aliphatic rings. The fourth-order valence-electron chi connectivity index (χ4n) is 1.86. The summed E-state index contributed by atoms with van der Waals surface area (Å²) in [5.41, 5.74) is 0. The van der Waals surface area contributed by atoms with Crippen LogP contribution < -0.4 is 0 Å². The van der Waals surface area contributed by atoms with Gasteiger partial charge in [0.05, 0.1) is 5.75 Å². The van der Waals surface area contributed by atoms with Crippen LogP contribution in [0.4, 0.5) is 0 Å². The van der Waals surface area contributed by atoms with Gasteiger partial charge in [0, 0.05) is 40.3 Å². The second-order valence-electron chi connectivity index (χ2n) is 4.28. The second-order valence-corrected chi connectivity index (χ2v) is 7.43. The van der Waals surface area contributed by atoms with Crippen molar-refractivity contribution in [3.05, 3.63) is 0 Å². The van der Waals surface area contributed by atoms with Crippen LogP contribution in [0.15, 0.2) is 0 Å². The standard InChI is InChI=1S/C10H19BrN2O2S/c1-13(10(14)4-2-3-6-11)9-5-7-16(12,15)8-9/h9,12H,2-8H2,1H3. The van der Waals surface area contributed by atoms with Gasteiger partial charge in [-0.25, -0.2) is 4.21 Å². The highest BCUT2D eigenvalue weighted by Gasteiger charge is 2.30. The lowest BCUT2D eigenvalue weighted by Gasteiger charge is -2.23. The van der Waals surface area contributed by atoms with E-state index < -0.39 is 9.73 Å². The highest BCUT2D eigenvalue weighted by molar-refractivity contribution is 9.09. The molecule has 0 saturated carbocycles. The van der Waals surface area contributed by atoms with Crippen molar-refractivity contribution in [2.75, 3.05) is 23.9 Å². The molecule has 2 atom stereocenters. The molecule has 0 aromatic carbocycles. The Balaban J connectivity index is 2.40. The van der Waals surface area contributed by atoms with E-state index in [2.05, 4.69) is 15.9 Å². The average molecular weight is 311 g/mol. The molecule has 0 spiro atoms. The molecule has 0 radical (unpaired) electrons. The molecule has 0 aromatic heterocycles. The first-order valence-corrected chi connectivity index (χ1v) is 8.54. The van der Waals surface area contributed by atoms with Gasteiger partial charge in [-0.15, -0.1) is 0 Å². The van der Waals surface area contributed by atoms with E-state index in [1.807, 2.05) is 0 Å². The van der Waals surface area contributed by atoms with E-state index >= 15 is 0 Å². The summed E-state index contributed by atoms with van der Waals surface area (Å²) >= 11 is 3.33. The zero-order valence-electron chi connectivity index (χ0n) is 9.58. The smallest absolute Gasteiger partial charge is 0.222 e. The number of hydrogen-bond acceptors (Lipinski definition) is 3. The van der Waals surface area contributed by atoms with Crippen LogP contribution in [0.5, 0.6) is 0 Å². The summed E-state index contributed by atoms with van der Waals surface area (Å²) in [6.07, 6.45) is 3.15. The van der Waals surface area contributed by atoms with Crippen molar-refractivity contribution < 1.29 is 9.00 Å². The molecule has 1 saturated heterocycles. The Morgan fingerprint density at radius 2 is 2.25 bits per heavy atom. The molecule has 2 unspecified atom stereocenters. The number of carbonyl (C=O) groups excluding carboxylic acids is 1. The monoisotopic (exact) mass is 310 g/mol. The molecule has 0 bridgehead atoms. The van der Waals surface area contributed by atoms with E-state index in [9.17, 15) is 9.00 Å². The lowest BCUT2D eigenvalue weighted by atomic mass is 10.2. The van der Waals surface area contributed by atoms with Gasteiger partial charge in [-0.05, 0) is 19.3 Å². The van der Waals surface area contributed by atoms with E-state index in [0.29, 0.717) is 24.3 Å². The zero-order chi connectivity index (χ0) is 12.2. The van der Waals surface area contributed by atoms with Gasteiger partial charge in [-0.1, -0.05) is 15.9 Å². The quantitative estimate of drug-likeness (QED) is 0.622. The largest absolute Gasteiger partial charge is 0.342 e. The Labute approximate surface area is 106 Å². The molecule has 1 fully saturated rings. The Morgan fingerprint density at radius 1 is 1.56 bits per heavy atom. The molecular formula is C10H19BrN2O2S. The Bertz CT molecular complexity index is 343. The number of rotatable bonds is 5. The highest BCUT2D eigenvalue weighted by Crippen LogP contribution is 2.18. The van der Waals surface area contributed by atoms with Crippen molar-refractivity contribution in [3.63, 3.8) is 0 Å². The molecule has 0 aromatic rings. The van der Waals surface area contributed by atoms with Gasteiger partial charge in [-0.3, -0.25) is 9.57 Å². The van der Waals surface area contributed by atoms with Gasteiger partial charge in [-0.2, -0.15) is 0 Å². The SMILES string of the molecule is CN(C(=O)CCCCBr)C1CCS(=N)(=O)C1. The molecule has 1 N–H and O–H groups in total. The normalized spacial score (nSPS) is 29.2. The van der Waals surface area contributed by atoms with Crippen molar-refractivity contribution in [2.24, 2.45) is 0 Å². The van der Waals surface area contributed by atoms with Gasteiger partial charge in [0.1, 0.15) is 0 Å². The summed E-state index contributed by atoms with van der Waals surface area (Å²) in [4.78, 5) is 13.5. The average Bonchev–Trinajstić information content (AvgIpc) is 2.58.